The summed E-state index contributed by atoms with van der Waals surface area (Å²) in [5, 5.41) is 6.14. The van der Waals surface area contributed by atoms with Crippen LogP contribution in [0.3, 0.4) is 0 Å². The first kappa shape index (κ1) is 13.5. The average Bonchev–Trinajstić information content (AvgIpc) is 2.27. The van der Waals surface area contributed by atoms with Crippen LogP contribution in [0.1, 0.15) is 33.1 Å². The van der Waals surface area contributed by atoms with Crippen molar-refractivity contribution >= 4 is 5.91 Å². The van der Waals surface area contributed by atoms with Gasteiger partial charge in [-0.3, -0.25) is 4.79 Å². The molecule has 0 unspecified atom stereocenters. The van der Waals surface area contributed by atoms with Crippen LogP contribution in [0.25, 0.3) is 0 Å². The molecule has 1 heterocycles. The predicted molar refractivity (Wildman–Crippen MR) is 64.3 cm³/mol. The van der Waals surface area contributed by atoms with Crippen LogP contribution in [0.5, 0.6) is 0 Å². The summed E-state index contributed by atoms with van der Waals surface area (Å²) in [6.45, 7) is 7.27. The molecule has 0 aromatic carbocycles. The van der Waals surface area contributed by atoms with Crippen LogP contribution in [0.2, 0.25) is 0 Å². The number of hydrogen-bond acceptors (Lipinski definition) is 3. The maximum absolute atomic E-state index is 11.4. The van der Waals surface area contributed by atoms with Gasteiger partial charge in [-0.1, -0.05) is 13.8 Å². The zero-order valence-electron chi connectivity index (χ0n) is 10.4. The van der Waals surface area contributed by atoms with E-state index in [1.165, 1.54) is 0 Å². The van der Waals surface area contributed by atoms with Gasteiger partial charge in [-0.2, -0.15) is 0 Å². The van der Waals surface area contributed by atoms with Gasteiger partial charge in [0.2, 0.25) is 5.91 Å². The lowest BCUT2D eigenvalue weighted by molar-refractivity contribution is -0.128. The zero-order valence-corrected chi connectivity index (χ0v) is 10.4. The predicted octanol–water partition coefficient (Wildman–Crippen LogP) is 0.917. The Bertz CT molecular complexity index is 201. The molecule has 0 aromatic heterocycles. The van der Waals surface area contributed by atoms with E-state index < -0.39 is 0 Å². The van der Waals surface area contributed by atoms with E-state index >= 15 is 0 Å². The van der Waals surface area contributed by atoms with Gasteiger partial charge in [0.05, 0.1) is 6.10 Å². The summed E-state index contributed by atoms with van der Waals surface area (Å²) in [5.41, 5.74) is 0. The lowest BCUT2D eigenvalue weighted by Gasteiger charge is -2.22. The van der Waals surface area contributed by atoms with Crippen LogP contribution in [0, 0.1) is 5.92 Å². The van der Waals surface area contributed by atoms with Crippen molar-refractivity contribution in [1.82, 2.24) is 10.6 Å². The van der Waals surface area contributed by atoms with Gasteiger partial charge < -0.3 is 15.4 Å². The van der Waals surface area contributed by atoms with Crippen LogP contribution >= 0.6 is 0 Å². The normalized spacial score (nSPS) is 17.7. The van der Waals surface area contributed by atoms with E-state index in [4.69, 9.17) is 4.74 Å². The third-order valence-electron chi connectivity index (χ3n) is 2.78. The molecule has 4 heteroatoms. The Kier molecular flexibility index (Phi) is 6.42. The second-order valence-electron chi connectivity index (χ2n) is 4.79. The van der Waals surface area contributed by atoms with Crippen molar-refractivity contribution in [3.8, 4) is 0 Å². The Morgan fingerprint density at radius 2 is 2.12 bits per heavy atom. The van der Waals surface area contributed by atoms with Crippen molar-refractivity contribution in [3.63, 3.8) is 0 Å². The average molecular weight is 228 g/mol. The van der Waals surface area contributed by atoms with Gasteiger partial charge in [0.1, 0.15) is 6.61 Å². The lowest BCUT2D eigenvalue weighted by Crippen LogP contribution is -2.36. The van der Waals surface area contributed by atoms with Gasteiger partial charge >= 0.3 is 0 Å². The van der Waals surface area contributed by atoms with E-state index in [2.05, 4.69) is 24.5 Å². The summed E-state index contributed by atoms with van der Waals surface area (Å²) >= 11 is 0. The summed E-state index contributed by atoms with van der Waals surface area (Å²) < 4.78 is 5.55. The molecule has 1 aliphatic heterocycles. The molecular formula is C12H24N2O2. The van der Waals surface area contributed by atoms with Gasteiger partial charge in [-0.05, 0) is 38.3 Å². The Labute approximate surface area is 98.1 Å². The fourth-order valence-electron chi connectivity index (χ4n) is 1.71. The molecule has 0 atom stereocenters. The second-order valence-corrected chi connectivity index (χ2v) is 4.79. The molecule has 0 bridgehead atoms. The van der Waals surface area contributed by atoms with E-state index in [0.29, 0.717) is 5.92 Å². The molecule has 1 fully saturated rings. The molecule has 94 valence electrons. The summed E-state index contributed by atoms with van der Waals surface area (Å²) in [5.74, 6) is 0.643. The van der Waals surface area contributed by atoms with Crippen molar-refractivity contribution < 1.29 is 9.53 Å². The highest BCUT2D eigenvalue weighted by Crippen LogP contribution is 2.06. The van der Waals surface area contributed by atoms with Crippen molar-refractivity contribution in [1.29, 1.82) is 0 Å². The van der Waals surface area contributed by atoms with Crippen molar-refractivity contribution in [3.05, 3.63) is 0 Å². The van der Waals surface area contributed by atoms with Crippen LogP contribution < -0.4 is 10.6 Å². The smallest absolute Gasteiger partial charge is 0.246 e. The Hall–Kier alpha value is -0.610. The molecular weight excluding hydrogens is 204 g/mol. The van der Waals surface area contributed by atoms with E-state index in [1.807, 2.05) is 0 Å². The van der Waals surface area contributed by atoms with Gasteiger partial charge in [-0.15, -0.1) is 0 Å². The van der Waals surface area contributed by atoms with Gasteiger partial charge in [0.15, 0.2) is 0 Å². The first-order chi connectivity index (χ1) is 7.68. The van der Waals surface area contributed by atoms with Gasteiger partial charge in [-0.25, -0.2) is 0 Å². The standard InChI is InChI=1S/C12H24N2O2/c1-10(2)3-8-14-12(15)9-16-11-4-6-13-7-5-11/h10-11,13H,3-9H2,1-2H3,(H,14,15). The molecule has 0 saturated carbocycles. The zero-order chi connectivity index (χ0) is 11.8. The highest BCUT2D eigenvalue weighted by molar-refractivity contribution is 5.77. The summed E-state index contributed by atoms with van der Waals surface area (Å²) in [6, 6.07) is 0. The van der Waals surface area contributed by atoms with E-state index in [-0.39, 0.29) is 18.6 Å². The number of carbonyl (C=O) groups is 1. The molecule has 1 saturated heterocycles. The van der Waals surface area contributed by atoms with Crippen molar-refractivity contribution in [2.24, 2.45) is 5.92 Å². The largest absolute Gasteiger partial charge is 0.368 e. The van der Waals surface area contributed by atoms with Crippen molar-refractivity contribution in [2.45, 2.75) is 39.2 Å². The topological polar surface area (TPSA) is 50.4 Å². The molecule has 0 aliphatic carbocycles. The van der Waals surface area contributed by atoms with E-state index in [1.54, 1.807) is 0 Å². The third kappa shape index (κ3) is 6.08. The highest BCUT2D eigenvalue weighted by Gasteiger charge is 2.14. The fraction of sp³-hybridized carbons (Fsp3) is 0.917. The second kappa shape index (κ2) is 7.63. The molecule has 0 spiro atoms. The minimum absolute atomic E-state index is 0.0131. The molecule has 0 aromatic rings. The highest BCUT2D eigenvalue weighted by atomic mass is 16.5. The summed E-state index contributed by atoms with van der Waals surface area (Å²) in [7, 11) is 0. The number of ether oxygens (including phenoxy) is 1. The number of amides is 1. The summed E-state index contributed by atoms with van der Waals surface area (Å²) in [6.07, 6.45) is 3.31. The lowest BCUT2D eigenvalue weighted by atomic mass is 10.1. The van der Waals surface area contributed by atoms with Crippen LogP contribution in [0.4, 0.5) is 0 Å². The first-order valence-electron chi connectivity index (χ1n) is 6.27. The quantitative estimate of drug-likeness (QED) is 0.710. The molecule has 16 heavy (non-hydrogen) atoms. The maximum atomic E-state index is 11.4. The van der Waals surface area contributed by atoms with Crippen molar-refractivity contribution in [2.75, 3.05) is 26.2 Å². The number of piperidine rings is 1. The number of carbonyl (C=O) groups excluding carboxylic acids is 1. The molecule has 1 aliphatic rings. The molecule has 0 radical (unpaired) electrons. The summed E-state index contributed by atoms with van der Waals surface area (Å²) in [4.78, 5) is 11.4. The number of hydrogen-bond donors (Lipinski definition) is 2. The molecule has 2 N–H and O–H groups in total. The minimum Gasteiger partial charge on any atom is -0.368 e. The Morgan fingerprint density at radius 3 is 2.75 bits per heavy atom. The van der Waals surface area contributed by atoms with Crippen LogP contribution in [-0.2, 0) is 9.53 Å². The molecule has 1 amide bonds. The fourth-order valence-corrected chi connectivity index (χ4v) is 1.71. The van der Waals surface area contributed by atoms with Gasteiger partial charge in [0.25, 0.3) is 0 Å². The number of rotatable bonds is 6. The minimum atomic E-state index is 0.0131. The molecule has 1 rings (SSSR count). The monoisotopic (exact) mass is 228 g/mol. The Balaban J connectivity index is 2.00. The maximum Gasteiger partial charge on any atom is 0.246 e. The van der Waals surface area contributed by atoms with Gasteiger partial charge in [0, 0.05) is 6.54 Å². The van der Waals surface area contributed by atoms with Crippen LogP contribution in [0.15, 0.2) is 0 Å². The van der Waals surface area contributed by atoms with Crippen LogP contribution in [-0.4, -0.2) is 38.3 Å². The van der Waals surface area contributed by atoms with E-state index in [9.17, 15) is 4.79 Å². The van der Waals surface area contributed by atoms with E-state index in [0.717, 1.165) is 38.9 Å². The third-order valence-corrected chi connectivity index (χ3v) is 2.78. The number of nitrogens with one attached hydrogen (secondary N) is 2. The Morgan fingerprint density at radius 1 is 1.44 bits per heavy atom. The molecule has 4 nitrogen and oxygen atoms in total. The SMILES string of the molecule is CC(C)CCNC(=O)COC1CCNCC1. The first-order valence-corrected chi connectivity index (χ1v) is 6.27.